The largest absolute Gasteiger partial charge is 0.378 e. The standard InChI is InChI=1S/C19H26N4O/c1-14(2)11-12-20-19(24)18-10-7-16(13-21-18)22-15-5-8-17(9-6-15)23(3)4/h5-10,13-14,22H,11-12H2,1-4H3,(H,20,24). The van der Waals surface area contributed by atoms with Crippen molar-refractivity contribution in [3.63, 3.8) is 0 Å². The van der Waals surface area contributed by atoms with Crippen molar-refractivity contribution in [1.82, 2.24) is 10.3 Å². The van der Waals surface area contributed by atoms with Crippen molar-refractivity contribution < 1.29 is 4.79 Å². The average Bonchev–Trinajstić information content (AvgIpc) is 2.55. The Hall–Kier alpha value is -2.56. The Kier molecular flexibility index (Phi) is 6.18. The van der Waals surface area contributed by atoms with Crippen LogP contribution >= 0.6 is 0 Å². The molecular formula is C19H26N4O. The summed E-state index contributed by atoms with van der Waals surface area (Å²) in [6, 6.07) is 11.7. The molecule has 0 saturated heterocycles. The Morgan fingerprint density at radius 3 is 2.29 bits per heavy atom. The summed E-state index contributed by atoms with van der Waals surface area (Å²) in [5.41, 5.74) is 3.42. The average molecular weight is 326 g/mol. The van der Waals surface area contributed by atoms with Crippen LogP contribution < -0.4 is 15.5 Å². The SMILES string of the molecule is CC(C)CCNC(=O)c1ccc(Nc2ccc(N(C)C)cc2)cn1. The molecule has 1 aromatic heterocycles. The summed E-state index contributed by atoms with van der Waals surface area (Å²) in [5.74, 6) is 0.446. The first-order valence-electron chi connectivity index (χ1n) is 8.24. The molecule has 0 atom stereocenters. The number of carbonyl (C=O) groups is 1. The molecule has 0 saturated carbocycles. The number of anilines is 3. The van der Waals surface area contributed by atoms with Crippen molar-refractivity contribution in [2.45, 2.75) is 20.3 Å². The van der Waals surface area contributed by atoms with Gasteiger partial charge in [-0.2, -0.15) is 0 Å². The Balaban J connectivity index is 1.92. The maximum Gasteiger partial charge on any atom is 0.269 e. The molecule has 2 rings (SSSR count). The zero-order chi connectivity index (χ0) is 17.5. The lowest BCUT2D eigenvalue weighted by Gasteiger charge is -2.13. The molecule has 0 unspecified atom stereocenters. The van der Waals surface area contributed by atoms with Crippen molar-refractivity contribution in [2.75, 3.05) is 30.9 Å². The molecule has 1 heterocycles. The van der Waals surface area contributed by atoms with Crippen LogP contribution in [0.3, 0.4) is 0 Å². The van der Waals surface area contributed by atoms with E-state index >= 15 is 0 Å². The van der Waals surface area contributed by atoms with E-state index in [4.69, 9.17) is 0 Å². The number of hydrogen-bond acceptors (Lipinski definition) is 4. The molecule has 0 fully saturated rings. The third-order valence-electron chi connectivity index (χ3n) is 3.68. The number of pyridine rings is 1. The highest BCUT2D eigenvalue weighted by molar-refractivity contribution is 5.92. The lowest BCUT2D eigenvalue weighted by Crippen LogP contribution is -2.26. The number of carbonyl (C=O) groups excluding carboxylic acids is 1. The van der Waals surface area contributed by atoms with Crippen molar-refractivity contribution in [1.29, 1.82) is 0 Å². The minimum absolute atomic E-state index is 0.127. The van der Waals surface area contributed by atoms with Crippen LogP contribution in [0.2, 0.25) is 0 Å². The topological polar surface area (TPSA) is 57.3 Å². The minimum Gasteiger partial charge on any atom is -0.378 e. The van der Waals surface area contributed by atoms with E-state index in [0.717, 1.165) is 23.5 Å². The third-order valence-corrected chi connectivity index (χ3v) is 3.68. The molecule has 5 heteroatoms. The first-order chi connectivity index (χ1) is 11.5. The van der Waals surface area contributed by atoms with Crippen LogP contribution in [0, 0.1) is 5.92 Å². The van der Waals surface area contributed by atoms with E-state index < -0.39 is 0 Å². The lowest BCUT2D eigenvalue weighted by atomic mass is 10.1. The van der Waals surface area contributed by atoms with Gasteiger partial charge >= 0.3 is 0 Å². The summed E-state index contributed by atoms with van der Waals surface area (Å²) in [4.78, 5) is 18.3. The van der Waals surface area contributed by atoms with Gasteiger partial charge in [0.05, 0.1) is 11.9 Å². The number of aromatic nitrogens is 1. The number of rotatable bonds is 7. The fourth-order valence-corrected chi connectivity index (χ4v) is 2.18. The Labute approximate surface area is 144 Å². The van der Waals surface area contributed by atoms with Crippen molar-refractivity contribution in [2.24, 2.45) is 5.92 Å². The molecule has 0 bridgehead atoms. The first kappa shape index (κ1) is 17.8. The van der Waals surface area contributed by atoms with E-state index in [1.54, 1.807) is 12.3 Å². The highest BCUT2D eigenvalue weighted by Gasteiger charge is 2.07. The van der Waals surface area contributed by atoms with Gasteiger partial charge in [-0.25, -0.2) is 4.98 Å². The minimum atomic E-state index is -0.127. The predicted octanol–water partition coefficient (Wildman–Crippen LogP) is 3.67. The quantitative estimate of drug-likeness (QED) is 0.815. The molecule has 5 nitrogen and oxygen atoms in total. The van der Waals surface area contributed by atoms with Crippen molar-refractivity contribution in [3.05, 3.63) is 48.3 Å². The zero-order valence-corrected chi connectivity index (χ0v) is 14.8. The van der Waals surface area contributed by atoms with Crippen LogP contribution in [0.1, 0.15) is 30.8 Å². The Bertz CT molecular complexity index is 648. The molecule has 1 aromatic carbocycles. The Morgan fingerprint density at radius 2 is 1.75 bits per heavy atom. The number of nitrogens with one attached hydrogen (secondary N) is 2. The van der Waals surface area contributed by atoms with E-state index in [2.05, 4.69) is 34.4 Å². The van der Waals surface area contributed by atoms with Crippen LogP contribution in [0.15, 0.2) is 42.6 Å². The normalized spacial score (nSPS) is 10.5. The summed E-state index contributed by atoms with van der Waals surface area (Å²) >= 11 is 0. The van der Waals surface area contributed by atoms with Gasteiger partial charge < -0.3 is 15.5 Å². The van der Waals surface area contributed by atoms with Gasteiger partial charge in [0.2, 0.25) is 0 Å². The van der Waals surface area contributed by atoms with E-state index in [-0.39, 0.29) is 5.91 Å². The molecule has 1 amide bonds. The second-order valence-corrected chi connectivity index (χ2v) is 6.44. The number of benzene rings is 1. The lowest BCUT2D eigenvalue weighted by molar-refractivity contribution is 0.0947. The molecule has 0 aliphatic rings. The van der Waals surface area contributed by atoms with Gasteiger partial charge in [-0.3, -0.25) is 4.79 Å². The van der Waals surface area contributed by atoms with Gasteiger partial charge in [0, 0.05) is 32.0 Å². The maximum absolute atomic E-state index is 12.0. The molecule has 2 aromatic rings. The zero-order valence-electron chi connectivity index (χ0n) is 14.8. The number of hydrogen-bond donors (Lipinski definition) is 2. The van der Waals surface area contributed by atoms with Gasteiger partial charge in [0.15, 0.2) is 0 Å². The monoisotopic (exact) mass is 326 g/mol. The summed E-state index contributed by atoms with van der Waals surface area (Å²) in [5, 5.41) is 6.17. The van der Waals surface area contributed by atoms with E-state index in [0.29, 0.717) is 18.2 Å². The van der Waals surface area contributed by atoms with Gasteiger partial charge in [0.25, 0.3) is 5.91 Å². The second-order valence-electron chi connectivity index (χ2n) is 6.44. The van der Waals surface area contributed by atoms with Crippen LogP contribution in [-0.2, 0) is 0 Å². The predicted molar refractivity (Wildman–Crippen MR) is 100 cm³/mol. The Morgan fingerprint density at radius 1 is 1.08 bits per heavy atom. The maximum atomic E-state index is 12.0. The summed E-state index contributed by atoms with van der Waals surface area (Å²) in [6.07, 6.45) is 2.64. The van der Waals surface area contributed by atoms with Crippen LogP contribution in [0.25, 0.3) is 0 Å². The molecule has 128 valence electrons. The molecule has 0 aliphatic carbocycles. The van der Waals surface area contributed by atoms with E-state index in [1.807, 2.05) is 44.4 Å². The third kappa shape index (κ3) is 5.26. The molecular weight excluding hydrogens is 300 g/mol. The molecule has 0 spiro atoms. The summed E-state index contributed by atoms with van der Waals surface area (Å²) < 4.78 is 0. The number of amides is 1. The van der Waals surface area contributed by atoms with Crippen LogP contribution in [0.5, 0.6) is 0 Å². The molecule has 0 aliphatic heterocycles. The van der Waals surface area contributed by atoms with Gasteiger partial charge in [0.1, 0.15) is 5.69 Å². The highest BCUT2D eigenvalue weighted by Crippen LogP contribution is 2.19. The molecule has 0 radical (unpaired) electrons. The van der Waals surface area contributed by atoms with Crippen LogP contribution in [0.4, 0.5) is 17.1 Å². The second kappa shape index (κ2) is 8.34. The smallest absolute Gasteiger partial charge is 0.269 e. The van der Waals surface area contributed by atoms with Crippen LogP contribution in [-0.4, -0.2) is 31.5 Å². The van der Waals surface area contributed by atoms with Gasteiger partial charge in [-0.1, -0.05) is 13.8 Å². The summed E-state index contributed by atoms with van der Waals surface area (Å²) in [7, 11) is 4.02. The van der Waals surface area contributed by atoms with Crippen molar-refractivity contribution >= 4 is 23.0 Å². The van der Waals surface area contributed by atoms with E-state index in [9.17, 15) is 4.79 Å². The fourth-order valence-electron chi connectivity index (χ4n) is 2.18. The first-order valence-corrected chi connectivity index (χ1v) is 8.24. The van der Waals surface area contributed by atoms with Crippen molar-refractivity contribution in [3.8, 4) is 0 Å². The van der Waals surface area contributed by atoms with E-state index in [1.165, 1.54) is 0 Å². The number of nitrogens with zero attached hydrogens (tertiary/aromatic N) is 2. The summed E-state index contributed by atoms with van der Waals surface area (Å²) in [6.45, 7) is 4.95. The van der Waals surface area contributed by atoms with Gasteiger partial charge in [-0.05, 0) is 48.7 Å². The molecule has 24 heavy (non-hydrogen) atoms. The fraction of sp³-hybridized carbons (Fsp3) is 0.368. The molecule has 2 N–H and O–H groups in total. The van der Waals surface area contributed by atoms with Gasteiger partial charge in [-0.15, -0.1) is 0 Å². The highest BCUT2D eigenvalue weighted by atomic mass is 16.1.